The lowest BCUT2D eigenvalue weighted by atomic mass is 9.80. The smallest absolute Gasteiger partial charge is 0.410 e. The second kappa shape index (κ2) is 11.5. The van der Waals surface area contributed by atoms with Gasteiger partial charge in [-0.2, -0.15) is 4.31 Å². The highest BCUT2D eigenvalue weighted by molar-refractivity contribution is 7.89. The van der Waals surface area contributed by atoms with Crippen LogP contribution >= 0.6 is 0 Å². The zero-order valence-electron chi connectivity index (χ0n) is 23.5. The van der Waals surface area contributed by atoms with Gasteiger partial charge in [0.2, 0.25) is 10.0 Å². The van der Waals surface area contributed by atoms with E-state index in [1.807, 2.05) is 0 Å². The van der Waals surface area contributed by atoms with Gasteiger partial charge in [-0.15, -0.1) is 0 Å². The molecule has 1 aromatic rings. The summed E-state index contributed by atoms with van der Waals surface area (Å²) in [5.74, 6) is 0.967. The van der Waals surface area contributed by atoms with Gasteiger partial charge in [0.1, 0.15) is 16.2 Å². The minimum Gasteiger partial charge on any atom is -0.440 e. The first kappa shape index (κ1) is 27.9. The third kappa shape index (κ3) is 5.37. The van der Waals surface area contributed by atoms with E-state index in [0.717, 1.165) is 64.6 Å². The average molecular weight is 551 g/mol. The van der Waals surface area contributed by atoms with Crippen LogP contribution in [-0.2, 0) is 14.8 Å². The van der Waals surface area contributed by atoms with Crippen molar-refractivity contribution in [2.45, 2.75) is 120 Å². The Morgan fingerprint density at radius 1 is 1.00 bits per heavy atom. The maximum Gasteiger partial charge on any atom is 0.410 e. The molecule has 0 N–H and O–H groups in total. The molecule has 214 valence electrons. The van der Waals surface area contributed by atoms with Crippen molar-refractivity contribution in [1.82, 2.24) is 19.3 Å². The Labute approximate surface area is 228 Å². The van der Waals surface area contributed by atoms with Gasteiger partial charge in [0, 0.05) is 51.6 Å². The molecule has 3 aliphatic heterocycles. The Morgan fingerprint density at radius 2 is 1.68 bits per heavy atom. The summed E-state index contributed by atoms with van der Waals surface area (Å²) >= 11 is 0. The Hall–Kier alpha value is -1.65. The highest BCUT2D eigenvalue weighted by atomic mass is 32.2. The molecule has 4 heterocycles. The predicted molar refractivity (Wildman–Crippen MR) is 144 cm³/mol. The van der Waals surface area contributed by atoms with Crippen LogP contribution in [-0.4, -0.2) is 84.2 Å². The van der Waals surface area contributed by atoms with E-state index in [4.69, 9.17) is 9.26 Å². The van der Waals surface area contributed by atoms with Crippen molar-refractivity contribution in [3.05, 3.63) is 11.5 Å². The molecule has 38 heavy (non-hydrogen) atoms. The van der Waals surface area contributed by atoms with Gasteiger partial charge in [0.05, 0.1) is 6.04 Å². The van der Waals surface area contributed by atoms with Crippen LogP contribution in [0.5, 0.6) is 0 Å². The third-order valence-corrected chi connectivity index (χ3v) is 11.8. The average Bonchev–Trinajstić information content (AvgIpc) is 3.39. The Morgan fingerprint density at radius 3 is 2.29 bits per heavy atom. The highest BCUT2D eigenvalue weighted by Crippen LogP contribution is 2.43. The summed E-state index contributed by atoms with van der Waals surface area (Å²) in [7, 11) is -3.60. The number of unbranched alkanes of at least 4 members (excludes halogenated alkanes) is 1. The summed E-state index contributed by atoms with van der Waals surface area (Å²) < 4.78 is 39.4. The number of carbonyl (C=O) groups is 1. The lowest BCUT2D eigenvalue weighted by molar-refractivity contribution is -0.0374. The highest BCUT2D eigenvalue weighted by Gasteiger charge is 2.55. The minimum atomic E-state index is -3.60. The Balaban J connectivity index is 1.19. The lowest BCUT2D eigenvalue weighted by Crippen LogP contribution is -2.56. The topological polar surface area (TPSA) is 96.2 Å². The number of aromatic nitrogens is 1. The third-order valence-electron chi connectivity index (χ3n) is 9.67. The molecule has 9 nitrogen and oxygen atoms in total. The summed E-state index contributed by atoms with van der Waals surface area (Å²) in [6.07, 6.45) is 12.9. The number of hydrogen-bond donors (Lipinski definition) is 0. The monoisotopic (exact) mass is 550 g/mol. The number of hydrogen-bond acceptors (Lipinski definition) is 7. The SMILES string of the molecule is CCCCC1N(CC2CCCCC2)C(=O)OC12CCN(C1CCN(S(=O)(=O)c3c(C)noc3C)CC1)CC2. The van der Waals surface area contributed by atoms with E-state index >= 15 is 0 Å². The normalized spacial score (nSPS) is 26.3. The predicted octanol–water partition coefficient (Wildman–Crippen LogP) is 4.87. The molecule has 1 aromatic heterocycles. The van der Waals surface area contributed by atoms with Gasteiger partial charge in [-0.3, -0.25) is 4.90 Å². The molecule has 0 radical (unpaired) electrons. The van der Waals surface area contributed by atoms with E-state index in [1.165, 1.54) is 32.1 Å². The van der Waals surface area contributed by atoms with Crippen LogP contribution in [0, 0.1) is 19.8 Å². The summed E-state index contributed by atoms with van der Waals surface area (Å²) in [5, 5.41) is 3.84. The molecule has 1 saturated carbocycles. The van der Waals surface area contributed by atoms with Crippen molar-refractivity contribution in [1.29, 1.82) is 0 Å². The van der Waals surface area contributed by atoms with Gasteiger partial charge in [0.25, 0.3) is 0 Å². The van der Waals surface area contributed by atoms with Crippen molar-refractivity contribution in [3.8, 4) is 0 Å². The van der Waals surface area contributed by atoms with Crippen molar-refractivity contribution in [2.75, 3.05) is 32.7 Å². The van der Waals surface area contributed by atoms with Gasteiger partial charge in [-0.25, -0.2) is 13.2 Å². The van der Waals surface area contributed by atoms with E-state index in [-0.39, 0.29) is 22.6 Å². The fourth-order valence-corrected chi connectivity index (χ4v) is 9.26. The maximum atomic E-state index is 13.2. The van der Waals surface area contributed by atoms with E-state index in [1.54, 1.807) is 18.2 Å². The van der Waals surface area contributed by atoms with E-state index < -0.39 is 10.0 Å². The lowest BCUT2D eigenvalue weighted by Gasteiger charge is -2.46. The molecule has 1 aliphatic carbocycles. The zero-order chi connectivity index (χ0) is 26.9. The molecule has 0 aromatic carbocycles. The van der Waals surface area contributed by atoms with Crippen LogP contribution in [0.25, 0.3) is 0 Å². The van der Waals surface area contributed by atoms with Gasteiger partial charge in [0.15, 0.2) is 5.76 Å². The molecule has 4 fully saturated rings. The van der Waals surface area contributed by atoms with Crippen LogP contribution in [0.4, 0.5) is 4.79 Å². The van der Waals surface area contributed by atoms with Crippen LogP contribution < -0.4 is 0 Å². The first-order valence-corrected chi connectivity index (χ1v) is 16.4. The molecule has 1 unspecified atom stereocenters. The van der Waals surface area contributed by atoms with Gasteiger partial charge >= 0.3 is 6.09 Å². The number of rotatable bonds is 8. The summed E-state index contributed by atoms with van der Waals surface area (Å²) in [6.45, 7) is 9.21. The van der Waals surface area contributed by atoms with Crippen molar-refractivity contribution in [3.63, 3.8) is 0 Å². The molecule has 1 atom stereocenters. The molecule has 0 bridgehead atoms. The van der Waals surface area contributed by atoms with Gasteiger partial charge < -0.3 is 14.2 Å². The molecule has 10 heteroatoms. The van der Waals surface area contributed by atoms with E-state index in [9.17, 15) is 13.2 Å². The van der Waals surface area contributed by atoms with E-state index in [2.05, 4.69) is 21.9 Å². The number of piperidine rings is 2. The van der Waals surface area contributed by atoms with Crippen LogP contribution in [0.1, 0.15) is 95.4 Å². The molecule has 3 saturated heterocycles. The van der Waals surface area contributed by atoms with Crippen LogP contribution in [0.15, 0.2) is 9.42 Å². The van der Waals surface area contributed by atoms with Crippen molar-refractivity contribution < 1.29 is 22.5 Å². The number of carbonyl (C=O) groups excluding carboxylic acids is 1. The largest absolute Gasteiger partial charge is 0.440 e. The summed E-state index contributed by atoms with van der Waals surface area (Å²) in [5.41, 5.74) is 0.0531. The second-order valence-corrected chi connectivity index (χ2v) is 13.9. The fourth-order valence-electron chi connectivity index (χ4n) is 7.50. The number of ether oxygens (including phenoxy) is 1. The molecule has 1 spiro atoms. The first-order chi connectivity index (χ1) is 18.2. The molecular weight excluding hydrogens is 504 g/mol. The van der Waals surface area contributed by atoms with Gasteiger partial charge in [-0.1, -0.05) is 44.2 Å². The Bertz CT molecular complexity index is 1050. The number of likely N-dealkylation sites (tertiary alicyclic amines) is 1. The number of aryl methyl sites for hydroxylation is 2. The second-order valence-electron chi connectivity index (χ2n) is 12.1. The number of sulfonamides is 1. The maximum absolute atomic E-state index is 13.2. The van der Waals surface area contributed by atoms with Crippen LogP contribution in [0.3, 0.4) is 0 Å². The molecule has 4 aliphatic rings. The zero-order valence-corrected chi connectivity index (χ0v) is 24.3. The van der Waals surface area contributed by atoms with Crippen LogP contribution in [0.2, 0.25) is 0 Å². The molecule has 1 amide bonds. The quantitative estimate of drug-likeness (QED) is 0.456. The molecular formula is C28H46N4O5S. The van der Waals surface area contributed by atoms with Gasteiger partial charge in [-0.05, 0) is 51.9 Å². The fraction of sp³-hybridized carbons (Fsp3) is 0.857. The standard InChI is InChI=1S/C28H46N4O5S/c1-4-5-11-25-28(36-27(33)32(25)20-23-9-7-6-8-10-23)14-18-30(19-15-28)24-12-16-31(17-13-24)38(34,35)26-21(2)29-37-22(26)3/h23-25H,4-20H2,1-3H3. The van der Waals surface area contributed by atoms with E-state index in [0.29, 0.717) is 36.5 Å². The number of nitrogens with zero attached hydrogens (tertiary/aromatic N) is 4. The van der Waals surface area contributed by atoms with Crippen molar-refractivity contribution >= 4 is 16.1 Å². The Kier molecular flexibility index (Phi) is 8.41. The summed E-state index contributed by atoms with van der Waals surface area (Å²) in [6, 6.07) is 0.536. The minimum absolute atomic E-state index is 0.0945. The first-order valence-electron chi connectivity index (χ1n) is 14.9. The number of amides is 1. The molecule has 5 rings (SSSR count). The summed E-state index contributed by atoms with van der Waals surface area (Å²) in [4.78, 5) is 18.0. The van der Waals surface area contributed by atoms with Crippen molar-refractivity contribution in [2.24, 2.45) is 5.92 Å².